The van der Waals surface area contributed by atoms with Crippen LogP contribution in [-0.2, 0) is 27.4 Å². The number of amides is 1. The maximum atomic E-state index is 11.6. The highest BCUT2D eigenvalue weighted by atomic mass is 16.6. The number of carbonyl (C=O) groups excluding carboxylic acids is 2. The summed E-state index contributed by atoms with van der Waals surface area (Å²) in [6.07, 6.45) is 4.62. The van der Waals surface area contributed by atoms with Gasteiger partial charge in [0.25, 0.3) is 0 Å². The van der Waals surface area contributed by atoms with E-state index < -0.39 is 34.9 Å². The molecule has 2 atom stereocenters. The van der Waals surface area contributed by atoms with E-state index >= 15 is 0 Å². The number of esters is 1. The van der Waals surface area contributed by atoms with E-state index in [1.54, 1.807) is 58.5 Å². The van der Waals surface area contributed by atoms with Gasteiger partial charge < -0.3 is 31.1 Å². The van der Waals surface area contributed by atoms with E-state index in [2.05, 4.69) is 20.0 Å². The number of ether oxygens (including phenoxy) is 1. The number of hydrogen-bond donors (Lipinski definition) is 5. The lowest BCUT2D eigenvalue weighted by molar-refractivity contribution is -0.145. The Balaban J connectivity index is 0.000000284. The molecule has 0 aliphatic carbocycles. The van der Waals surface area contributed by atoms with Crippen LogP contribution in [0.4, 0.5) is 0 Å². The minimum atomic E-state index is -1.23. The van der Waals surface area contributed by atoms with Gasteiger partial charge in [-0.2, -0.15) is 0 Å². The van der Waals surface area contributed by atoms with Crippen LogP contribution < -0.4 is 11.1 Å². The maximum Gasteiger partial charge on any atom is 0.335 e. The summed E-state index contributed by atoms with van der Waals surface area (Å²) in [6.45, 7) is 7.80. The quantitative estimate of drug-likeness (QED) is 0.374. The predicted octanol–water partition coefficient (Wildman–Crippen LogP) is 0.548. The van der Waals surface area contributed by atoms with Crippen molar-refractivity contribution in [3.05, 3.63) is 60.2 Å². The van der Waals surface area contributed by atoms with Gasteiger partial charge in [0.1, 0.15) is 6.10 Å². The van der Waals surface area contributed by atoms with E-state index in [4.69, 9.17) is 15.9 Å². The average Bonchev–Trinajstić information content (AvgIpc) is 3.09. The fourth-order valence-corrected chi connectivity index (χ4v) is 2.48. The molecule has 0 saturated carbocycles. The Morgan fingerprint density at radius 3 is 2.12 bits per heavy atom. The zero-order chi connectivity index (χ0) is 25.8. The summed E-state index contributed by atoms with van der Waals surface area (Å²) in [5.74, 6) is -0.993. The average molecular weight is 477 g/mol. The standard InChI is InChI=1S/C12H18N2O3.C6H8N2.C6H10O3/c1-12(2,8-15)10(16)11(17)14-7-9-4-3-5-13-6-9;7-4-6-2-1-3-8-5-6;1-6(2)3-9-5(8)4(6)7/h3-6,10,15-16H,7-8H2,1-2H3,(H,14,17);1-3,5H,4,7H2;4,7H,3H2,1-2H3. The van der Waals surface area contributed by atoms with Crippen molar-refractivity contribution in [2.75, 3.05) is 13.2 Å². The third-order valence-electron chi connectivity index (χ3n) is 5.09. The van der Waals surface area contributed by atoms with Crippen LogP contribution in [0.15, 0.2) is 49.1 Å². The number of nitrogens with one attached hydrogen (secondary N) is 1. The van der Waals surface area contributed by atoms with Crippen molar-refractivity contribution >= 4 is 11.9 Å². The van der Waals surface area contributed by atoms with Crippen molar-refractivity contribution in [2.45, 2.75) is 53.0 Å². The van der Waals surface area contributed by atoms with Crippen LogP contribution in [0.25, 0.3) is 0 Å². The Morgan fingerprint density at radius 1 is 1.24 bits per heavy atom. The molecule has 1 saturated heterocycles. The van der Waals surface area contributed by atoms with Gasteiger partial charge in [-0.1, -0.05) is 39.8 Å². The second-order valence-corrected chi connectivity index (χ2v) is 9.19. The first-order valence-corrected chi connectivity index (χ1v) is 10.8. The highest BCUT2D eigenvalue weighted by molar-refractivity contribution is 5.81. The molecule has 0 bridgehead atoms. The summed E-state index contributed by atoms with van der Waals surface area (Å²) in [4.78, 5) is 29.9. The summed E-state index contributed by atoms with van der Waals surface area (Å²) in [5.41, 5.74) is 6.00. The van der Waals surface area contributed by atoms with Gasteiger partial charge >= 0.3 is 5.97 Å². The molecular formula is C24H36N4O6. The molecule has 1 aliphatic heterocycles. The second kappa shape index (κ2) is 13.7. The molecular weight excluding hydrogens is 440 g/mol. The van der Waals surface area contributed by atoms with Crippen LogP contribution >= 0.6 is 0 Å². The number of pyridine rings is 2. The van der Waals surface area contributed by atoms with Crippen LogP contribution in [0.1, 0.15) is 38.8 Å². The number of cyclic esters (lactones) is 1. The molecule has 10 nitrogen and oxygen atoms in total. The van der Waals surface area contributed by atoms with Crippen molar-refractivity contribution in [1.29, 1.82) is 0 Å². The first-order chi connectivity index (χ1) is 15.9. The van der Waals surface area contributed by atoms with Crippen LogP contribution in [0.5, 0.6) is 0 Å². The maximum absolute atomic E-state index is 11.6. The van der Waals surface area contributed by atoms with Gasteiger partial charge in [0.15, 0.2) is 6.10 Å². The fraction of sp³-hybridized carbons (Fsp3) is 0.500. The molecule has 2 aromatic heterocycles. The number of aliphatic hydroxyl groups is 3. The third-order valence-corrected chi connectivity index (χ3v) is 5.09. The Bertz CT molecular complexity index is 878. The van der Waals surface area contributed by atoms with Gasteiger partial charge in [-0.15, -0.1) is 0 Å². The minimum absolute atomic E-state index is 0.255. The second-order valence-electron chi connectivity index (χ2n) is 9.19. The largest absolute Gasteiger partial charge is 0.463 e. The summed E-state index contributed by atoms with van der Waals surface area (Å²) < 4.78 is 4.59. The monoisotopic (exact) mass is 476 g/mol. The molecule has 34 heavy (non-hydrogen) atoms. The lowest BCUT2D eigenvalue weighted by atomic mass is 9.87. The number of aliphatic hydroxyl groups excluding tert-OH is 3. The van der Waals surface area contributed by atoms with Gasteiger partial charge in [-0.25, -0.2) is 4.79 Å². The molecule has 188 valence electrons. The number of carbonyl (C=O) groups is 2. The van der Waals surface area contributed by atoms with Crippen molar-refractivity contribution in [3.8, 4) is 0 Å². The van der Waals surface area contributed by atoms with Crippen molar-refractivity contribution in [2.24, 2.45) is 16.6 Å². The number of rotatable bonds is 6. The van der Waals surface area contributed by atoms with E-state index in [0.29, 0.717) is 19.7 Å². The van der Waals surface area contributed by atoms with Gasteiger partial charge in [-0.3, -0.25) is 14.8 Å². The van der Waals surface area contributed by atoms with Crippen LogP contribution in [-0.4, -0.2) is 62.6 Å². The van der Waals surface area contributed by atoms with Crippen LogP contribution in [0, 0.1) is 10.8 Å². The zero-order valence-electron chi connectivity index (χ0n) is 20.1. The molecule has 0 radical (unpaired) electrons. The van der Waals surface area contributed by atoms with Crippen molar-refractivity contribution in [3.63, 3.8) is 0 Å². The Labute approximate surface area is 200 Å². The van der Waals surface area contributed by atoms with Crippen LogP contribution in [0.3, 0.4) is 0 Å². The summed E-state index contributed by atoms with van der Waals surface area (Å²) in [5, 5.41) is 30.4. The van der Waals surface area contributed by atoms with E-state index in [1.165, 1.54) is 0 Å². The molecule has 10 heteroatoms. The molecule has 1 fully saturated rings. The highest BCUT2D eigenvalue weighted by Crippen LogP contribution is 2.27. The van der Waals surface area contributed by atoms with Crippen molar-refractivity contribution in [1.82, 2.24) is 15.3 Å². The molecule has 3 rings (SSSR count). The first kappa shape index (κ1) is 29.1. The molecule has 0 spiro atoms. The number of nitrogens with two attached hydrogens (primary N) is 1. The van der Waals surface area contributed by atoms with E-state index in [9.17, 15) is 14.7 Å². The fourth-order valence-electron chi connectivity index (χ4n) is 2.48. The van der Waals surface area contributed by atoms with Gasteiger partial charge in [0, 0.05) is 48.7 Å². The third kappa shape index (κ3) is 9.52. The van der Waals surface area contributed by atoms with E-state index in [0.717, 1.165) is 11.1 Å². The van der Waals surface area contributed by atoms with E-state index in [1.807, 2.05) is 18.2 Å². The molecule has 1 amide bonds. The van der Waals surface area contributed by atoms with Gasteiger partial charge in [0.05, 0.1) is 13.2 Å². The Morgan fingerprint density at radius 2 is 1.79 bits per heavy atom. The summed E-state index contributed by atoms with van der Waals surface area (Å²) >= 11 is 0. The summed E-state index contributed by atoms with van der Waals surface area (Å²) in [6, 6.07) is 7.43. The number of aromatic nitrogens is 2. The molecule has 2 aromatic rings. The topological polar surface area (TPSA) is 168 Å². The number of hydrogen-bond acceptors (Lipinski definition) is 9. The minimum Gasteiger partial charge on any atom is -0.463 e. The smallest absolute Gasteiger partial charge is 0.335 e. The van der Waals surface area contributed by atoms with E-state index in [-0.39, 0.29) is 6.61 Å². The Kier molecular flexibility index (Phi) is 11.7. The zero-order valence-corrected chi connectivity index (χ0v) is 20.1. The normalized spacial score (nSPS) is 17.3. The molecule has 1 aliphatic rings. The highest BCUT2D eigenvalue weighted by Gasteiger charge is 2.42. The molecule has 2 unspecified atom stereocenters. The molecule has 3 heterocycles. The SMILES string of the molecule is CC(C)(CO)C(O)C(=O)NCc1cccnc1.CC1(C)COC(=O)C1O.NCc1cccnc1. The first-order valence-electron chi connectivity index (χ1n) is 10.8. The summed E-state index contributed by atoms with van der Waals surface area (Å²) in [7, 11) is 0. The molecule has 0 aromatic carbocycles. The van der Waals surface area contributed by atoms with Crippen molar-refractivity contribution < 1.29 is 29.6 Å². The Hall–Kier alpha value is -2.92. The lowest BCUT2D eigenvalue weighted by Gasteiger charge is -2.27. The molecule has 6 N–H and O–H groups in total. The van der Waals surface area contributed by atoms with Gasteiger partial charge in [-0.05, 0) is 23.3 Å². The van der Waals surface area contributed by atoms with Gasteiger partial charge in [0.2, 0.25) is 5.91 Å². The number of nitrogens with zero attached hydrogens (tertiary/aromatic N) is 2. The predicted molar refractivity (Wildman–Crippen MR) is 126 cm³/mol. The lowest BCUT2D eigenvalue weighted by Crippen LogP contribution is -2.45. The van der Waals surface area contributed by atoms with Crippen LogP contribution in [0.2, 0.25) is 0 Å².